The number of nitrogens with zero attached hydrogens (tertiary/aromatic N) is 1. The quantitative estimate of drug-likeness (QED) is 0.312. The van der Waals surface area contributed by atoms with E-state index in [0.29, 0.717) is 29.4 Å². The number of rotatable bonds is 8. The van der Waals surface area contributed by atoms with Crippen LogP contribution in [0.25, 0.3) is 11.3 Å². The van der Waals surface area contributed by atoms with Crippen LogP contribution >= 0.6 is 0 Å². The molecule has 33 heavy (non-hydrogen) atoms. The third-order valence-electron chi connectivity index (χ3n) is 5.36. The number of hydrazone groups is 1. The Labute approximate surface area is 192 Å². The smallest absolute Gasteiger partial charge is 0.338 e. The Morgan fingerprint density at radius 2 is 1.91 bits per heavy atom. The van der Waals surface area contributed by atoms with Crippen LogP contribution < -0.4 is 10.2 Å². The molecule has 1 heterocycles. The predicted octanol–water partition coefficient (Wildman–Crippen LogP) is 4.53. The summed E-state index contributed by atoms with van der Waals surface area (Å²) in [4.78, 5) is 24.0. The van der Waals surface area contributed by atoms with Gasteiger partial charge in [-0.05, 0) is 80.1 Å². The number of ether oxygens (including phenoxy) is 2. The van der Waals surface area contributed by atoms with Crippen LogP contribution in [0.4, 0.5) is 0 Å². The maximum atomic E-state index is 12.1. The number of furan rings is 1. The first kappa shape index (κ1) is 22.3. The van der Waals surface area contributed by atoms with E-state index in [4.69, 9.17) is 13.9 Å². The number of hydrogen-bond donors (Lipinski definition) is 1. The molecule has 3 aromatic rings. The van der Waals surface area contributed by atoms with Crippen LogP contribution in [-0.4, -0.2) is 31.3 Å². The molecule has 0 bridgehead atoms. The van der Waals surface area contributed by atoms with Crippen LogP contribution in [0.5, 0.6) is 5.75 Å². The minimum Gasteiger partial charge on any atom is -0.484 e. The standard InChI is InChI=1S/C26H26N2O5/c1-2-31-26(30)21-9-5-8-20(14-21)24-13-12-23(33-24)16-27-28-25(29)17-32-22-11-10-18-6-3-4-7-19(18)15-22/h5,8-16H,2-4,6-7,17H2,1H3,(H,28,29)/b27-16-. The highest BCUT2D eigenvalue weighted by Crippen LogP contribution is 2.25. The van der Waals surface area contributed by atoms with Crippen molar-refractivity contribution in [2.45, 2.75) is 32.6 Å². The zero-order valence-electron chi connectivity index (χ0n) is 18.5. The van der Waals surface area contributed by atoms with Gasteiger partial charge in [0, 0.05) is 5.56 Å². The molecule has 0 saturated heterocycles. The summed E-state index contributed by atoms with van der Waals surface area (Å²) in [5, 5.41) is 3.93. The molecule has 7 nitrogen and oxygen atoms in total. The molecule has 1 amide bonds. The van der Waals surface area contributed by atoms with Crippen LogP contribution in [0.1, 0.15) is 47.0 Å². The van der Waals surface area contributed by atoms with Crippen molar-refractivity contribution in [2.24, 2.45) is 5.10 Å². The molecule has 0 spiro atoms. The normalized spacial score (nSPS) is 12.9. The van der Waals surface area contributed by atoms with Gasteiger partial charge in [0.05, 0.1) is 18.4 Å². The molecule has 0 atom stereocenters. The molecule has 0 radical (unpaired) electrons. The Morgan fingerprint density at radius 3 is 2.76 bits per heavy atom. The summed E-state index contributed by atoms with van der Waals surface area (Å²) in [7, 11) is 0. The van der Waals surface area contributed by atoms with E-state index in [1.807, 2.05) is 18.2 Å². The lowest BCUT2D eigenvalue weighted by Gasteiger charge is -2.16. The van der Waals surface area contributed by atoms with E-state index in [0.717, 1.165) is 18.4 Å². The number of fused-ring (bicyclic) bond motifs is 1. The van der Waals surface area contributed by atoms with Gasteiger partial charge in [0.1, 0.15) is 17.3 Å². The van der Waals surface area contributed by atoms with Gasteiger partial charge in [-0.15, -0.1) is 0 Å². The second kappa shape index (κ2) is 10.6. The van der Waals surface area contributed by atoms with Gasteiger partial charge in [-0.1, -0.05) is 18.2 Å². The molecule has 0 aliphatic heterocycles. The molecule has 1 aromatic heterocycles. The number of nitrogens with one attached hydrogen (secondary N) is 1. The van der Waals surface area contributed by atoms with Crippen molar-refractivity contribution in [2.75, 3.05) is 13.2 Å². The van der Waals surface area contributed by atoms with E-state index in [2.05, 4.69) is 16.6 Å². The molecule has 4 rings (SSSR count). The highest BCUT2D eigenvalue weighted by molar-refractivity contribution is 5.91. The first-order valence-electron chi connectivity index (χ1n) is 11.1. The van der Waals surface area contributed by atoms with Crippen LogP contribution in [-0.2, 0) is 22.4 Å². The van der Waals surface area contributed by atoms with E-state index < -0.39 is 0 Å². The summed E-state index contributed by atoms with van der Waals surface area (Å²) in [5.74, 6) is 0.980. The second-order valence-corrected chi connectivity index (χ2v) is 7.72. The second-order valence-electron chi connectivity index (χ2n) is 7.72. The zero-order chi connectivity index (χ0) is 23.0. The molecule has 7 heteroatoms. The molecule has 1 aliphatic carbocycles. The number of esters is 1. The fraction of sp³-hybridized carbons (Fsp3) is 0.269. The first-order chi connectivity index (χ1) is 16.1. The topological polar surface area (TPSA) is 90.1 Å². The molecule has 1 N–H and O–H groups in total. The van der Waals surface area contributed by atoms with Crippen molar-refractivity contribution < 1.29 is 23.5 Å². The lowest BCUT2D eigenvalue weighted by molar-refractivity contribution is -0.123. The summed E-state index contributed by atoms with van der Waals surface area (Å²) in [6, 6.07) is 16.5. The predicted molar refractivity (Wildman–Crippen MR) is 124 cm³/mol. The van der Waals surface area contributed by atoms with Crippen LogP contribution in [0, 0.1) is 0 Å². The zero-order valence-corrected chi connectivity index (χ0v) is 18.5. The Kier molecular flexibility index (Phi) is 7.19. The van der Waals surface area contributed by atoms with Crippen molar-refractivity contribution in [3.05, 3.63) is 77.0 Å². The van der Waals surface area contributed by atoms with E-state index in [1.165, 1.54) is 30.2 Å². The molecule has 0 unspecified atom stereocenters. The van der Waals surface area contributed by atoms with Gasteiger partial charge in [0.15, 0.2) is 6.61 Å². The SMILES string of the molecule is CCOC(=O)c1cccc(-c2ccc(/C=N\NC(=O)COc3ccc4c(c3)CCCC4)o2)c1. The van der Waals surface area contributed by atoms with E-state index in [1.54, 1.807) is 37.3 Å². The van der Waals surface area contributed by atoms with Crippen molar-refractivity contribution in [1.29, 1.82) is 0 Å². The van der Waals surface area contributed by atoms with Crippen LogP contribution in [0.3, 0.4) is 0 Å². The lowest BCUT2D eigenvalue weighted by atomic mass is 9.92. The highest BCUT2D eigenvalue weighted by atomic mass is 16.5. The van der Waals surface area contributed by atoms with Gasteiger partial charge >= 0.3 is 5.97 Å². The van der Waals surface area contributed by atoms with Gasteiger partial charge in [-0.25, -0.2) is 10.2 Å². The minimum atomic E-state index is -0.381. The molecule has 2 aromatic carbocycles. The molecule has 170 valence electrons. The lowest BCUT2D eigenvalue weighted by Crippen LogP contribution is -2.24. The number of aryl methyl sites for hydroxylation is 2. The Morgan fingerprint density at radius 1 is 1.06 bits per heavy atom. The van der Waals surface area contributed by atoms with Crippen LogP contribution in [0.2, 0.25) is 0 Å². The van der Waals surface area contributed by atoms with Crippen molar-refractivity contribution in [3.8, 4) is 17.1 Å². The van der Waals surface area contributed by atoms with Gasteiger partial charge in [-0.3, -0.25) is 4.79 Å². The summed E-state index contributed by atoms with van der Waals surface area (Å²) in [6.45, 7) is 1.95. The number of carbonyl (C=O) groups excluding carboxylic acids is 2. The van der Waals surface area contributed by atoms with Crippen molar-refractivity contribution >= 4 is 18.1 Å². The Bertz CT molecular complexity index is 1160. The number of amides is 1. The molecular formula is C26H26N2O5. The monoisotopic (exact) mass is 446 g/mol. The Balaban J connectivity index is 1.29. The summed E-state index contributed by atoms with van der Waals surface area (Å²) >= 11 is 0. The fourth-order valence-electron chi connectivity index (χ4n) is 3.74. The summed E-state index contributed by atoms with van der Waals surface area (Å²) in [6.07, 6.45) is 5.99. The first-order valence-corrected chi connectivity index (χ1v) is 11.1. The average Bonchev–Trinajstić information content (AvgIpc) is 3.32. The van der Waals surface area contributed by atoms with Gasteiger partial charge in [-0.2, -0.15) is 5.10 Å². The molecule has 0 saturated carbocycles. The molecule has 1 aliphatic rings. The number of benzene rings is 2. The van der Waals surface area contributed by atoms with Crippen LogP contribution in [0.15, 0.2) is 64.1 Å². The molecular weight excluding hydrogens is 420 g/mol. The largest absolute Gasteiger partial charge is 0.484 e. The van der Waals surface area contributed by atoms with Crippen molar-refractivity contribution in [1.82, 2.24) is 5.43 Å². The van der Waals surface area contributed by atoms with Gasteiger partial charge in [0.2, 0.25) is 0 Å². The van der Waals surface area contributed by atoms with E-state index in [-0.39, 0.29) is 18.5 Å². The third kappa shape index (κ3) is 5.88. The summed E-state index contributed by atoms with van der Waals surface area (Å²) < 4.78 is 16.4. The Hall–Kier alpha value is -3.87. The highest BCUT2D eigenvalue weighted by Gasteiger charge is 2.11. The van der Waals surface area contributed by atoms with E-state index >= 15 is 0 Å². The van der Waals surface area contributed by atoms with Gasteiger partial charge < -0.3 is 13.9 Å². The van der Waals surface area contributed by atoms with Gasteiger partial charge in [0.25, 0.3) is 5.91 Å². The maximum absolute atomic E-state index is 12.1. The number of hydrogen-bond acceptors (Lipinski definition) is 6. The minimum absolute atomic E-state index is 0.125. The molecule has 0 fully saturated rings. The number of carbonyl (C=O) groups is 2. The maximum Gasteiger partial charge on any atom is 0.338 e. The van der Waals surface area contributed by atoms with E-state index in [9.17, 15) is 9.59 Å². The fourth-order valence-corrected chi connectivity index (χ4v) is 3.74. The summed E-state index contributed by atoms with van der Waals surface area (Å²) in [5.41, 5.74) is 6.30. The average molecular weight is 447 g/mol. The third-order valence-corrected chi connectivity index (χ3v) is 5.36. The van der Waals surface area contributed by atoms with Crippen molar-refractivity contribution in [3.63, 3.8) is 0 Å².